The Hall–Kier alpha value is -1.43. The highest BCUT2D eigenvalue weighted by molar-refractivity contribution is 6.31. The third kappa shape index (κ3) is 3.26. The zero-order chi connectivity index (χ0) is 14.7. The lowest BCUT2D eigenvalue weighted by Crippen LogP contribution is -2.39. The Morgan fingerprint density at radius 3 is 3.05 bits per heavy atom. The van der Waals surface area contributed by atoms with Gasteiger partial charge < -0.3 is 14.6 Å². The van der Waals surface area contributed by atoms with Gasteiger partial charge in [-0.25, -0.2) is 0 Å². The van der Waals surface area contributed by atoms with Crippen LogP contribution in [0.2, 0.25) is 5.02 Å². The van der Waals surface area contributed by atoms with E-state index in [0.717, 1.165) is 23.6 Å². The summed E-state index contributed by atoms with van der Waals surface area (Å²) in [5, 5.41) is 8.08. The molecule has 0 bridgehead atoms. The van der Waals surface area contributed by atoms with E-state index in [2.05, 4.69) is 15.5 Å². The number of ether oxygens (including phenoxy) is 1. The van der Waals surface area contributed by atoms with Crippen LogP contribution in [0, 0.1) is 0 Å². The van der Waals surface area contributed by atoms with Gasteiger partial charge in [-0.1, -0.05) is 35.0 Å². The van der Waals surface area contributed by atoms with Crippen molar-refractivity contribution in [3.63, 3.8) is 0 Å². The fraction of sp³-hybridized carbons (Fsp3) is 0.467. The number of hydrogen-bond donors (Lipinski definition) is 1. The van der Waals surface area contributed by atoms with E-state index in [1.54, 1.807) is 0 Å². The number of halogens is 1. The molecule has 1 aliphatic heterocycles. The standard InChI is InChI=1S/C15H18ClN3O2/c1-17-13-6-7-20-9-11(13)15-18-14(19-21-15)8-10-4-2-3-5-12(10)16/h2-5,11,13,17H,6-9H2,1H3. The third-order valence-corrected chi connectivity index (χ3v) is 4.20. The topological polar surface area (TPSA) is 60.2 Å². The number of nitrogens with zero attached hydrogens (tertiary/aromatic N) is 2. The number of hydrogen-bond acceptors (Lipinski definition) is 5. The molecule has 0 amide bonds. The van der Waals surface area contributed by atoms with Gasteiger partial charge in [0.1, 0.15) is 0 Å². The van der Waals surface area contributed by atoms with Crippen molar-refractivity contribution < 1.29 is 9.26 Å². The molecule has 3 rings (SSSR count). The van der Waals surface area contributed by atoms with Crippen molar-refractivity contribution in [3.05, 3.63) is 46.6 Å². The quantitative estimate of drug-likeness (QED) is 0.940. The molecule has 1 aliphatic rings. The third-order valence-electron chi connectivity index (χ3n) is 3.83. The maximum atomic E-state index is 6.16. The summed E-state index contributed by atoms with van der Waals surface area (Å²) < 4.78 is 11.0. The van der Waals surface area contributed by atoms with E-state index >= 15 is 0 Å². The molecule has 112 valence electrons. The van der Waals surface area contributed by atoms with E-state index in [0.29, 0.717) is 30.8 Å². The molecular formula is C15H18ClN3O2. The highest BCUT2D eigenvalue weighted by Crippen LogP contribution is 2.25. The van der Waals surface area contributed by atoms with Crippen molar-refractivity contribution in [3.8, 4) is 0 Å². The molecule has 0 radical (unpaired) electrons. The van der Waals surface area contributed by atoms with Crippen LogP contribution in [0.1, 0.15) is 29.6 Å². The summed E-state index contributed by atoms with van der Waals surface area (Å²) in [4.78, 5) is 4.51. The summed E-state index contributed by atoms with van der Waals surface area (Å²) in [5.41, 5.74) is 0.997. The Morgan fingerprint density at radius 2 is 2.24 bits per heavy atom. The summed E-state index contributed by atoms with van der Waals surface area (Å²) in [7, 11) is 1.95. The van der Waals surface area contributed by atoms with E-state index in [1.165, 1.54) is 0 Å². The molecule has 6 heteroatoms. The Bertz CT molecular complexity index is 602. The van der Waals surface area contributed by atoms with Gasteiger partial charge in [0, 0.05) is 24.1 Å². The lowest BCUT2D eigenvalue weighted by molar-refractivity contribution is 0.0516. The average Bonchev–Trinajstić information content (AvgIpc) is 2.98. The monoisotopic (exact) mass is 307 g/mol. The van der Waals surface area contributed by atoms with Crippen molar-refractivity contribution in [1.29, 1.82) is 0 Å². The Labute approximate surface area is 128 Å². The smallest absolute Gasteiger partial charge is 0.233 e. The zero-order valence-corrected chi connectivity index (χ0v) is 12.6. The first kappa shape index (κ1) is 14.5. The molecule has 1 N–H and O–H groups in total. The van der Waals surface area contributed by atoms with Gasteiger partial charge in [0.2, 0.25) is 5.89 Å². The number of benzene rings is 1. The Morgan fingerprint density at radius 1 is 1.38 bits per heavy atom. The van der Waals surface area contributed by atoms with Crippen LogP contribution < -0.4 is 5.32 Å². The predicted octanol–water partition coefficient (Wildman–Crippen LogP) is 2.41. The van der Waals surface area contributed by atoms with Gasteiger partial charge in [-0.05, 0) is 25.1 Å². The van der Waals surface area contributed by atoms with Crippen LogP contribution in [0.3, 0.4) is 0 Å². The summed E-state index contributed by atoms with van der Waals surface area (Å²) in [6, 6.07) is 8.01. The normalized spacial score (nSPS) is 22.4. The highest BCUT2D eigenvalue weighted by Gasteiger charge is 2.30. The van der Waals surface area contributed by atoms with Gasteiger partial charge in [-0.15, -0.1) is 0 Å². The van der Waals surface area contributed by atoms with Crippen molar-refractivity contribution in [2.45, 2.75) is 24.8 Å². The fourth-order valence-corrected chi connectivity index (χ4v) is 2.83. The molecule has 5 nitrogen and oxygen atoms in total. The first-order valence-corrected chi connectivity index (χ1v) is 7.46. The molecule has 2 atom stereocenters. The molecule has 1 aromatic carbocycles. The minimum atomic E-state index is 0.108. The van der Waals surface area contributed by atoms with Crippen molar-refractivity contribution in [2.24, 2.45) is 0 Å². The summed E-state index contributed by atoms with van der Waals surface area (Å²) in [5.74, 6) is 1.39. The number of rotatable bonds is 4. The van der Waals surface area contributed by atoms with Gasteiger partial charge in [-0.2, -0.15) is 4.98 Å². The van der Waals surface area contributed by atoms with E-state index in [9.17, 15) is 0 Å². The second-order valence-corrected chi connectivity index (χ2v) is 5.59. The minimum Gasteiger partial charge on any atom is -0.381 e. The molecule has 21 heavy (non-hydrogen) atoms. The van der Waals surface area contributed by atoms with E-state index in [-0.39, 0.29) is 5.92 Å². The maximum Gasteiger partial charge on any atom is 0.233 e. The van der Waals surface area contributed by atoms with Gasteiger partial charge in [0.15, 0.2) is 5.82 Å². The zero-order valence-electron chi connectivity index (χ0n) is 11.9. The molecule has 1 saturated heterocycles. The first-order valence-electron chi connectivity index (χ1n) is 7.09. The molecule has 2 unspecified atom stereocenters. The van der Waals surface area contributed by atoms with Gasteiger partial charge in [-0.3, -0.25) is 0 Å². The number of aromatic nitrogens is 2. The molecule has 1 aromatic heterocycles. The van der Waals surface area contributed by atoms with Gasteiger partial charge >= 0.3 is 0 Å². The summed E-state index contributed by atoms with van der Waals surface area (Å²) in [6.45, 7) is 1.38. The Balaban J connectivity index is 1.75. The largest absolute Gasteiger partial charge is 0.381 e. The van der Waals surface area contributed by atoms with Crippen LogP contribution in [0.15, 0.2) is 28.8 Å². The predicted molar refractivity (Wildman–Crippen MR) is 79.6 cm³/mol. The SMILES string of the molecule is CNC1CCOCC1c1nc(Cc2ccccc2Cl)no1. The molecule has 1 fully saturated rings. The van der Waals surface area contributed by atoms with Crippen LogP contribution in [0.5, 0.6) is 0 Å². The average molecular weight is 308 g/mol. The summed E-state index contributed by atoms with van der Waals surface area (Å²) >= 11 is 6.16. The van der Waals surface area contributed by atoms with Crippen molar-refractivity contribution >= 4 is 11.6 Å². The second-order valence-electron chi connectivity index (χ2n) is 5.18. The lowest BCUT2D eigenvalue weighted by Gasteiger charge is -2.28. The number of likely N-dealkylation sites (N-methyl/N-ethyl adjacent to an activating group) is 1. The lowest BCUT2D eigenvalue weighted by atomic mass is 9.96. The molecule has 2 aromatic rings. The minimum absolute atomic E-state index is 0.108. The molecule has 0 aliphatic carbocycles. The van der Waals surface area contributed by atoms with E-state index < -0.39 is 0 Å². The van der Waals surface area contributed by atoms with Crippen LogP contribution in [-0.4, -0.2) is 36.4 Å². The van der Waals surface area contributed by atoms with E-state index in [1.807, 2.05) is 31.3 Å². The van der Waals surface area contributed by atoms with Crippen molar-refractivity contribution in [2.75, 3.05) is 20.3 Å². The number of nitrogens with one attached hydrogen (secondary N) is 1. The van der Waals surface area contributed by atoms with Crippen LogP contribution in [0.25, 0.3) is 0 Å². The second kappa shape index (κ2) is 6.56. The van der Waals surface area contributed by atoms with Crippen LogP contribution >= 0.6 is 11.6 Å². The Kier molecular flexibility index (Phi) is 4.53. The van der Waals surface area contributed by atoms with Crippen molar-refractivity contribution in [1.82, 2.24) is 15.5 Å². The van der Waals surface area contributed by atoms with Gasteiger partial charge in [0.05, 0.1) is 12.5 Å². The molecule has 0 spiro atoms. The van der Waals surface area contributed by atoms with E-state index in [4.69, 9.17) is 20.9 Å². The molecule has 2 heterocycles. The molecular weight excluding hydrogens is 290 g/mol. The maximum absolute atomic E-state index is 6.16. The molecule has 0 saturated carbocycles. The van der Waals surface area contributed by atoms with Gasteiger partial charge in [0.25, 0.3) is 0 Å². The fourth-order valence-electron chi connectivity index (χ4n) is 2.63. The highest BCUT2D eigenvalue weighted by atomic mass is 35.5. The van der Waals surface area contributed by atoms with Crippen LogP contribution in [-0.2, 0) is 11.2 Å². The summed E-state index contributed by atoms with van der Waals surface area (Å²) in [6.07, 6.45) is 1.52. The first-order chi connectivity index (χ1) is 10.3. The van der Waals surface area contributed by atoms with Crippen LogP contribution in [0.4, 0.5) is 0 Å².